The van der Waals surface area contributed by atoms with Crippen LogP contribution >= 0.6 is 0 Å². The molecule has 0 atom stereocenters. The number of anilines is 1. The van der Waals surface area contributed by atoms with E-state index in [1.807, 2.05) is 18.6 Å². The summed E-state index contributed by atoms with van der Waals surface area (Å²) in [6.07, 6.45) is 10.1. The molecule has 5 rings (SSSR count). The van der Waals surface area contributed by atoms with Crippen LogP contribution in [0.5, 0.6) is 0 Å². The summed E-state index contributed by atoms with van der Waals surface area (Å²) in [6.45, 7) is 13.5. The molecule has 1 aliphatic carbocycles. The van der Waals surface area contributed by atoms with Crippen LogP contribution < -0.4 is 10.1 Å². The third-order valence-electron chi connectivity index (χ3n) is 6.80. The number of benzene rings is 2. The summed E-state index contributed by atoms with van der Waals surface area (Å²) in [4.78, 5) is 26.2. The van der Waals surface area contributed by atoms with Gasteiger partial charge in [0.05, 0.1) is 19.2 Å². The van der Waals surface area contributed by atoms with Crippen LogP contribution in [-0.2, 0) is 16.5 Å². The first-order valence-electron chi connectivity index (χ1n) is 11.8. The Balaban J connectivity index is 0.000000861. The molecule has 1 fully saturated rings. The second kappa shape index (κ2) is 10.9. The Hall–Kier alpha value is -3.02. The molecule has 2 aromatic rings. The predicted molar refractivity (Wildman–Crippen MR) is 144 cm³/mol. The van der Waals surface area contributed by atoms with Crippen LogP contribution in [0, 0.1) is 20.3 Å². The number of rotatable bonds is 4. The molecular formula is C29H30NNiO4Si. The fraction of sp³-hybridized carbons (Fsp3) is 0.207. The Morgan fingerprint density at radius 1 is 1.03 bits per heavy atom. The van der Waals surface area contributed by atoms with Crippen LogP contribution in [0.4, 0.5) is 5.69 Å². The van der Waals surface area contributed by atoms with Crippen molar-refractivity contribution >= 4 is 36.5 Å². The minimum absolute atomic E-state index is 0. The van der Waals surface area contributed by atoms with Gasteiger partial charge in [-0.1, -0.05) is 24.3 Å². The Bertz CT molecular complexity index is 1290. The van der Waals surface area contributed by atoms with E-state index in [0.717, 1.165) is 36.2 Å². The molecule has 3 aliphatic rings. The fourth-order valence-electron chi connectivity index (χ4n) is 4.94. The molecule has 0 aromatic heterocycles. The number of allylic oxidation sites excluding steroid dienone is 5. The molecule has 1 saturated heterocycles. The molecular weight excluding hydrogens is 513 g/mol. The van der Waals surface area contributed by atoms with Gasteiger partial charge in [0.2, 0.25) is 0 Å². The summed E-state index contributed by atoms with van der Waals surface area (Å²) < 4.78 is 0. The number of fused-ring (bicyclic) bond motifs is 2. The zero-order chi connectivity index (χ0) is 25.3. The quantitative estimate of drug-likeness (QED) is 0.404. The van der Waals surface area contributed by atoms with Gasteiger partial charge in [0.15, 0.2) is 0 Å². The molecule has 2 N–H and O–H groups in total. The molecule has 0 unspecified atom stereocenters. The van der Waals surface area contributed by atoms with E-state index in [9.17, 15) is 19.8 Å². The zero-order valence-corrected chi connectivity index (χ0v) is 22.5. The van der Waals surface area contributed by atoms with Gasteiger partial charge in [-0.25, -0.2) is 9.59 Å². The average molecular weight is 543 g/mol. The van der Waals surface area contributed by atoms with Crippen molar-refractivity contribution in [2.24, 2.45) is 0 Å². The first-order chi connectivity index (χ1) is 16.7. The standard InChI is InChI=1S/C26H24NO4Si.C3H6.Ni/c1-32(2)22-7-4-3-6-19(22)24(20-11-9-17(15-23(20)32)27-12-5-13-27)21-14-16(25(28)29)8-10-18(21)26(30)31;1-3-2;/h3-4,6-11,14-15H,5,12-13H2,1-2H3,(H,28,29)(H,30,31);1-3H2;/q-1;-2;+3. The van der Waals surface area contributed by atoms with Crippen LogP contribution in [0.1, 0.15) is 44.7 Å². The minimum atomic E-state index is -2.06. The number of carboxylic acid groups (broad SMARTS) is 2. The van der Waals surface area contributed by atoms with Crippen LogP contribution in [0.2, 0.25) is 13.1 Å². The number of hydrogen-bond donors (Lipinski definition) is 2. The molecule has 2 aliphatic heterocycles. The summed E-state index contributed by atoms with van der Waals surface area (Å²) in [7, 11) is -2.06. The smallest absolute Gasteiger partial charge is 0.478 e. The SMILES string of the molecule is C[Si]1(C)C2=C[CH-]C=CC2=C(c2cc(C(=O)O)ccc2C(=O)O)c2ccc(N3CCC3)cc21.[CH2-]C[CH2-].[Ni+3]. The largest absolute Gasteiger partial charge is 3.00 e. The first kappa shape index (κ1) is 27.6. The normalized spacial score (nSPS) is 16.7. The minimum Gasteiger partial charge on any atom is -0.478 e. The first-order valence-corrected chi connectivity index (χ1v) is 14.8. The van der Waals surface area contributed by atoms with Crippen LogP contribution in [0.15, 0.2) is 65.4 Å². The molecule has 189 valence electrons. The van der Waals surface area contributed by atoms with Gasteiger partial charge in [-0.15, -0.1) is 10.8 Å². The monoisotopic (exact) mass is 542 g/mol. The van der Waals surface area contributed by atoms with Crippen molar-refractivity contribution in [2.45, 2.75) is 25.9 Å². The molecule has 0 spiro atoms. The third-order valence-corrected chi connectivity index (χ3v) is 10.3. The van der Waals surface area contributed by atoms with Crippen LogP contribution in [0.3, 0.4) is 0 Å². The molecule has 0 bridgehead atoms. The maximum Gasteiger partial charge on any atom is 3.00 e. The molecule has 0 saturated carbocycles. The van der Waals surface area contributed by atoms with Gasteiger partial charge in [-0.2, -0.15) is 24.6 Å². The summed E-state index contributed by atoms with van der Waals surface area (Å²) in [6, 6.07) is 10.8. The summed E-state index contributed by atoms with van der Waals surface area (Å²) >= 11 is 0. The predicted octanol–water partition coefficient (Wildman–Crippen LogP) is 5.31. The fourth-order valence-corrected chi connectivity index (χ4v) is 8.01. The maximum absolute atomic E-state index is 12.1. The molecule has 7 heteroatoms. The van der Waals surface area contributed by atoms with Crippen LogP contribution in [0.25, 0.3) is 5.57 Å². The van der Waals surface area contributed by atoms with E-state index in [2.05, 4.69) is 56.1 Å². The third kappa shape index (κ3) is 4.82. The van der Waals surface area contributed by atoms with Crippen molar-refractivity contribution in [1.29, 1.82) is 0 Å². The van der Waals surface area contributed by atoms with Gasteiger partial charge in [-0.05, 0) is 53.5 Å². The Morgan fingerprint density at radius 2 is 1.72 bits per heavy atom. The average Bonchev–Trinajstić information content (AvgIpc) is 2.79. The Labute approximate surface area is 224 Å². The van der Waals surface area contributed by atoms with Crippen molar-refractivity contribution in [3.8, 4) is 0 Å². The van der Waals surface area contributed by atoms with E-state index in [-0.39, 0.29) is 27.6 Å². The van der Waals surface area contributed by atoms with Gasteiger partial charge >= 0.3 is 28.4 Å². The van der Waals surface area contributed by atoms with Crippen molar-refractivity contribution in [1.82, 2.24) is 0 Å². The van der Waals surface area contributed by atoms with Crippen LogP contribution in [-0.4, -0.2) is 43.3 Å². The van der Waals surface area contributed by atoms with E-state index in [0.29, 0.717) is 5.56 Å². The summed E-state index contributed by atoms with van der Waals surface area (Å²) in [5.74, 6) is -2.14. The number of nitrogens with zero attached hydrogens (tertiary/aromatic N) is 1. The zero-order valence-electron chi connectivity index (χ0n) is 20.5. The van der Waals surface area contributed by atoms with Crippen molar-refractivity contribution in [3.63, 3.8) is 0 Å². The molecule has 0 amide bonds. The Kier molecular flexibility index (Phi) is 8.37. The molecule has 5 nitrogen and oxygen atoms in total. The van der Waals surface area contributed by atoms with E-state index in [4.69, 9.17) is 0 Å². The number of aromatic carboxylic acids is 2. The van der Waals surface area contributed by atoms with Gasteiger partial charge < -0.3 is 35.4 Å². The van der Waals surface area contributed by atoms with E-state index in [1.54, 1.807) is 0 Å². The topological polar surface area (TPSA) is 77.8 Å². The number of carbonyl (C=O) groups is 2. The van der Waals surface area contributed by atoms with E-state index < -0.39 is 20.0 Å². The summed E-state index contributed by atoms with van der Waals surface area (Å²) in [5.41, 5.74) is 4.65. The number of hydrogen-bond acceptors (Lipinski definition) is 3. The molecule has 2 aromatic carbocycles. The van der Waals surface area contributed by atoms with Gasteiger partial charge in [0.1, 0.15) is 0 Å². The number of carboxylic acids is 2. The van der Waals surface area contributed by atoms with E-state index >= 15 is 0 Å². The second-order valence-electron chi connectivity index (χ2n) is 9.34. The maximum atomic E-state index is 12.1. The van der Waals surface area contributed by atoms with Gasteiger partial charge in [0, 0.05) is 18.8 Å². The molecule has 1 radical (unpaired) electrons. The molecule has 2 heterocycles. The van der Waals surface area contributed by atoms with Gasteiger partial charge in [-0.3, -0.25) is 0 Å². The van der Waals surface area contributed by atoms with Crippen molar-refractivity contribution in [3.05, 3.63) is 108 Å². The summed E-state index contributed by atoms with van der Waals surface area (Å²) in [5, 5.41) is 22.0. The second-order valence-corrected chi connectivity index (χ2v) is 13.7. The van der Waals surface area contributed by atoms with Crippen molar-refractivity contribution in [2.75, 3.05) is 18.0 Å². The Morgan fingerprint density at radius 3 is 2.31 bits per heavy atom. The molecule has 36 heavy (non-hydrogen) atoms. The van der Waals surface area contributed by atoms with Gasteiger partial charge in [0.25, 0.3) is 0 Å². The van der Waals surface area contributed by atoms with E-state index in [1.165, 1.54) is 40.7 Å². The van der Waals surface area contributed by atoms with Crippen molar-refractivity contribution < 1.29 is 36.3 Å².